The third-order valence-electron chi connectivity index (χ3n) is 3.34. The highest BCUT2D eigenvalue weighted by Gasteiger charge is 2.38. The third kappa shape index (κ3) is 3.56. The Morgan fingerprint density at radius 3 is 2.30 bits per heavy atom. The van der Waals surface area contributed by atoms with E-state index in [2.05, 4.69) is 0 Å². The van der Waals surface area contributed by atoms with Crippen LogP contribution in [0, 0.1) is 0 Å². The standard InChI is InChI=1S/C16H18N2O5/c1-3-9-17-13(19)10-14(20)18(16(17)22)11-5-7-12(8-6-11)23-15(21)4-2/h5-8H,3-4,9-10H2,1-2H3. The number of amides is 4. The zero-order valence-corrected chi connectivity index (χ0v) is 13.1. The van der Waals surface area contributed by atoms with E-state index in [-0.39, 0.29) is 25.4 Å². The molecule has 0 bridgehead atoms. The molecule has 0 N–H and O–H groups in total. The Hall–Kier alpha value is -2.70. The molecule has 7 heteroatoms. The largest absolute Gasteiger partial charge is 0.427 e. The topological polar surface area (TPSA) is 84.0 Å². The van der Waals surface area contributed by atoms with Crippen molar-refractivity contribution < 1.29 is 23.9 Å². The monoisotopic (exact) mass is 318 g/mol. The van der Waals surface area contributed by atoms with E-state index in [0.29, 0.717) is 17.9 Å². The van der Waals surface area contributed by atoms with Crippen LogP contribution in [0.5, 0.6) is 5.75 Å². The number of anilines is 1. The van der Waals surface area contributed by atoms with Crippen molar-refractivity contribution >= 4 is 29.5 Å². The predicted molar refractivity (Wildman–Crippen MR) is 81.9 cm³/mol. The predicted octanol–water partition coefficient (Wildman–Crippen LogP) is 2.10. The number of imide groups is 2. The number of rotatable bonds is 5. The molecule has 0 aromatic heterocycles. The Kier molecular flexibility index (Phi) is 5.10. The van der Waals surface area contributed by atoms with Crippen LogP contribution in [0.25, 0.3) is 0 Å². The lowest BCUT2D eigenvalue weighted by Gasteiger charge is -2.32. The number of carbonyl (C=O) groups is 4. The molecular formula is C16H18N2O5. The van der Waals surface area contributed by atoms with Gasteiger partial charge in [-0.3, -0.25) is 19.3 Å². The highest BCUT2D eigenvalue weighted by molar-refractivity contribution is 6.26. The third-order valence-corrected chi connectivity index (χ3v) is 3.34. The summed E-state index contributed by atoms with van der Waals surface area (Å²) in [5, 5.41) is 0. The van der Waals surface area contributed by atoms with Crippen LogP contribution in [0.15, 0.2) is 24.3 Å². The molecule has 0 radical (unpaired) electrons. The average molecular weight is 318 g/mol. The molecule has 1 aliphatic heterocycles. The maximum absolute atomic E-state index is 12.4. The number of hydrogen-bond acceptors (Lipinski definition) is 5. The van der Waals surface area contributed by atoms with Crippen molar-refractivity contribution in [3.05, 3.63) is 24.3 Å². The minimum Gasteiger partial charge on any atom is -0.427 e. The quantitative estimate of drug-likeness (QED) is 0.471. The second-order valence-corrected chi connectivity index (χ2v) is 5.06. The van der Waals surface area contributed by atoms with Gasteiger partial charge in [0, 0.05) is 13.0 Å². The number of benzene rings is 1. The summed E-state index contributed by atoms with van der Waals surface area (Å²) in [6.45, 7) is 3.80. The van der Waals surface area contributed by atoms with Crippen LogP contribution in [-0.4, -0.2) is 35.3 Å². The molecule has 0 unspecified atom stereocenters. The Morgan fingerprint density at radius 2 is 1.74 bits per heavy atom. The van der Waals surface area contributed by atoms with Crippen molar-refractivity contribution in [2.24, 2.45) is 0 Å². The van der Waals surface area contributed by atoms with Crippen molar-refractivity contribution in [3.8, 4) is 5.75 Å². The van der Waals surface area contributed by atoms with Crippen molar-refractivity contribution in [2.45, 2.75) is 33.1 Å². The van der Waals surface area contributed by atoms with Gasteiger partial charge in [-0.1, -0.05) is 13.8 Å². The van der Waals surface area contributed by atoms with Gasteiger partial charge in [-0.15, -0.1) is 0 Å². The second-order valence-electron chi connectivity index (χ2n) is 5.06. The fourth-order valence-corrected chi connectivity index (χ4v) is 2.20. The number of esters is 1. The summed E-state index contributed by atoms with van der Waals surface area (Å²) in [7, 11) is 0. The molecule has 1 aromatic carbocycles. The second kappa shape index (κ2) is 7.04. The summed E-state index contributed by atoms with van der Waals surface area (Å²) in [6.07, 6.45) is 0.530. The van der Waals surface area contributed by atoms with E-state index in [1.54, 1.807) is 6.92 Å². The van der Waals surface area contributed by atoms with Gasteiger partial charge in [-0.05, 0) is 30.7 Å². The Labute approximate surface area is 133 Å². The van der Waals surface area contributed by atoms with Crippen LogP contribution >= 0.6 is 0 Å². The first-order valence-electron chi connectivity index (χ1n) is 7.46. The summed E-state index contributed by atoms with van der Waals surface area (Å²) in [4.78, 5) is 49.5. The molecule has 4 amide bonds. The van der Waals surface area contributed by atoms with Crippen molar-refractivity contribution in [2.75, 3.05) is 11.4 Å². The lowest BCUT2D eigenvalue weighted by molar-refractivity contribution is -0.135. The van der Waals surface area contributed by atoms with Gasteiger partial charge in [0.15, 0.2) is 0 Å². The summed E-state index contributed by atoms with van der Waals surface area (Å²) < 4.78 is 5.04. The van der Waals surface area contributed by atoms with Crippen LogP contribution in [0.3, 0.4) is 0 Å². The van der Waals surface area contributed by atoms with Gasteiger partial charge < -0.3 is 4.74 Å². The fourth-order valence-electron chi connectivity index (χ4n) is 2.20. The SMILES string of the molecule is CCCN1C(=O)CC(=O)N(c2ccc(OC(=O)CC)cc2)C1=O. The lowest BCUT2D eigenvalue weighted by atomic mass is 10.2. The summed E-state index contributed by atoms with van der Waals surface area (Å²) >= 11 is 0. The minimum absolute atomic E-state index is 0.249. The minimum atomic E-state index is -0.647. The van der Waals surface area contributed by atoms with Crippen LogP contribution in [-0.2, 0) is 14.4 Å². The molecule has 0 saturated carbocycles. The van der Waals surface area contributed by atoms with Crippen LogP contribution in [0.2, 0.25) is 0 Å². The molecule has 1 heterocycles. The van der Waals surface area contributed by atoms with E-state index < -0.39 is 17.8 Å². The summed E-state index contributed by atoms with van der Waals surface area (Å²) in [5.74, 6) is -1.08. The number of hydrogen-bond donors (Lipinski definition) is 0. The van der Waals surface area contributed by atoms with Gasteiger partial charge in [-0.25, -0.2) is 9.69 Å². The van der Waals surface area contributed by atoms with Gasteiger partial charge in [-0.2, -0.15) is 0 Å². The Balaban J connectivity index is 2.22. The normalized spacial score (nSPS) is 15.1. The van der Waals surface area contributed by atoms with Crippen molar-refractivity contribution in [1.82, 2.24) is 4.90 Å². The highest BCUT2D eigenvalue weighted by atomic mass is 16.5. The zero-order valence-electron chi connectivity index (χ0n) is 13.1. The zero-order chi connectivity index (χ0) is 17.0. The Morgan fingerprint density at radius 1 is 1.09 bits per heavy atom. The van der Waals surface area contributed by atoms with E-state index in [4.69, 9.17) is 4.74 Å². The number of ether oxygens (including phenoxy) is 1. The molecule has 2 rings (SSSR count). The van der Waals surface area contributed by atoms with E-state index in [1.807, 2.05) is 6.92 Å². The van der Waals surface area contributed by atoms with Crippen LogP contribution in [0.1, 0.15) is 33.1 Å². The summed E-state index contributed by atoms with van der Waals surface area (Å²) in [6, 6.07) is 5.38. The molecule has 23 heavy (non-hydrogen) atoms. The molecule has 1 fully saturated rings. The van der Waals surface area contributed by atoms with Crippen molar-refractivity contribution in [3.63, 3.8) is 0 Å². The fraction of sp³-hybridized carbons (Fsp3) is 0.375. The van der Waals surface area contributed by atoms with Gasteiger partial charge in [0.2, 0.25) is 11.8 Å². The molecule has 0 spiro atoms. The summed E-state index contributed by atoms with van der Waals surface area (Å²) in [5.41, 5.74) is 0.338. The lowest BCUT2D eigenvalue weighted by Crippen LogP contribution is -2.55. The molecule has 1 aromatic rings. The van der Waals surface area contributed by atoms with Gasteiger partial charge >= 0.3 is 12.0 Å². The number of urea groups is 1. The number of barbiturate groups is 1. The van der Waals surface area contributed by atoms with Crippen molar-refractivity contribution in [1.29, 1.82) is 0 Å². The maximum Gasteiger partial charge on any atom is 0.338 e. The first-order chi connectivity index (χ1) is 11.0. The van der Waals surface area contributed by atoms with Gasteiger partial charge in [0.25, 0.3) is 0 Å². The first-order valence-corrected chi connectivity index (χ1v) is 7.46. The van der Waals surface area contributed by atoms with E-state index in [1.165, 1.54) is 24.3 Å². The van der Waals surface area contributed by atoms with E-state index in [0.717, 1.165) is 9.80 Å². The molecule has 122 valence electrons. The smallest absolute Gasteiger partial charge is 0.338 e. The maximum atomic E-state index is 12.4. The first kappa shape index (κ1) is 16.7. The van der Waals surface area contributed by atoms with Gasteiger partial charge in [0.1, 0.15) is 12.2 Å². The number of carbonyl (C=O) groups excluding carboxylic acids is 4. The molecule has 1 aliphatic rings. The Bertz CT molecular complexity index is 638. The molecule has 1 saturated heterocycles. The molecule has 0 aliphatic carbocycles. The highest BCUT2D eigenvalue weighted by Crippen LogP contribution is 2.24. The van der Waals surface area contributed by atoms with Gasteiger partial charge in [0.05, 0.1) is 5.69 Å². The van der Waals surface area contributed by atoms with E-state index in [9.17, 15) is 19.2 Å². The average Bonchev–Trinajstić information content (AvgIpc) is 2.52. The van der Waals surface area contributed by atoms with Crippen LogP contribution < -0.4 is 9.64 Å². The van der Waals surface area contributed by atoms with E-state index >= 15 is 0 Å². The van der Waals surface area contributed by atoms with Crippen LogP contribution in [0.4, 0.5) is 10.5 Å². The molecule has 7 nitrogen and oxygen atoms in total. The number of nitrogens with zero attached hydrogens (tertiary/aromatic N) is 2. The molecular weight excluding hydrogens is 300 g/mol. The molecule has 0 atom stereocenters.